The topological polar surface area (TPSA) is 129 Å². The van der Waals surface area contributed by atoms with Gasteiger partial charge in [-0.15, -0.1) is 12.1 Å². The third kappa shape index (κ3) is 31.3. The summed E-state index contributed by atoms with van der Waals surface area (Å²) in [6.07, 6.45) is 10.9. The van der Waals surface area contributed by atoms with Gasteiger partial charge in [0, 0.05) is 14.2 Å². The Hall–Kier alpha value is 0.243. The van der Waals surface area contributed by atoms with Crippen molar-refractivity contribution in [2.75, 3.05) is 186 Å². The summed E-state index contributed by atoms with van der Waals surface area (Å²) in [4.78, 5) is 0. The Morgan fingerprint density at radius 3 is 0.957 bits per heavy atom. The fourth-order valence-corrected chi connectivity index (χ4v) is 6.96. The largest absolute Gasteiger partial charge is 1.00 e. The van der Waals surface area contributed by atoms with Crippen molar-refractivity contribution in [2.24, 2.45) is 0 Å². The fourth-order valence-electron chi connectivity index (χ4n) is 6.96. The molecule has 8 rings (SSSR count). The van der Waals surface area contributed by atoms with Crippen molar-refractivity contribution in [1.29, 1.82) is 0 Å². The molecule has 0 unspecified atom stereocenters. The molecule has 3 aromatic rings. The van der Waals surface area contributed by atoms with Gasteiger partial charge in [0.1, 0.15) is 0 Å². The Kier molecular flexibility index (Phi) is 45.2. The van der Waals surface area contributed by atoms with Gasteiger partial charge in [0.25, 0.3) is 0 Å². The Bertz CT molecular complexity index is 1390. The first-order valence-corrected chi connectivity index (χ1v) is 24.0. The summed E-state index contributed by atoms with van der Waals surface area (Å²) in [7, 11) is 3.30. The van der Waals surface area contributed by atoms with E-state index in [-0.39, 0.29) is 103 Å². The summed E-state index contributed by atoms with van der Waals surface area (Å²) < 4.78 is 73.2. The average molecular weight is 1030 g/mol. The van der Waals surface area contributed by atoms with Crippen LogP contribution in [0.25, 0.3) is 11.1 Å². The Balaban J connectivity index is 0.000000307. The smallest absolute Gasteiger partial charge is 0.723 e. The van der Waals surface area contributed by atoms with E-state index in [4.69, 9.17) is 56.8 Å². The van der Waals surface area contributed by atoms with Gasteiger partial charge < -0.3 is 104 Å². The number of ether oxygens (including phenoxy) is 14. The summed E-state index contributed by atoms with van der Waals surface area (Å²) in [5, 5.41) is 0. The summed E-state index contributed by atoms with van der Waals surface area (Å²) >= 11 is 0. The molecule has 384 valence electrons. The molecule has 16 heteroatoms. The SMILES string of the molecule is C1COCCOCCOCCOCCOCCO1.C1COCCOCCOCCOCCOCCO1.COCCOC.[K+].[K+].c1ccc2c(c1)C[C-]1[CH-][CH-][CH-][CH-][C-]21.c1ccc2c(c1)Cc1ccccc1-2. The maximum absolute atomic E-state index is 5.33. The Morgan fingerprint density at radius 2 is 0.643 bits per heavy atom. The molecular formula is C54H78K2O14-4. The van der Waals surface area contributed by atoms with Crippen molar-refractivity contribution in [3.63, 3.8) is 0 Å². The molecule has 0 amide bonds. The third-order valence-corrected chi connectivity index (χ3v) is 10.4. The molecule has 0 N–H and O–H groups in total. The van der Waals surface area contributed by atoms with E-state index >= 15 is 0 Å². The first kappa shape index (κ1) is 66.4. The summed E-state index contributed by atoms with van der Waals surface area (Å²) in [5.41, 5.74) is 8.63. The number of fused-ring (bicyclic) bond motifs is 6. The van der Waals surface area contributed by atoms with Crippen LogP contribution in [0.1, 0.15) is 22.3 Å². The number of hydrogen-bond donors (Lipinski definition) is 0. The zero-order valence-corrected chi connectivity index (χ0v) is 49.0. The van der Waals surface area contributed by atoms with Gasteiger partial charge in [0.15, 0.2) is 0 Å². The quantitative estimate of drug-likeness (QED) is 0.159. The maximum atomic E-state index is 5.33. The molecule has 2 aliphatic heterocycles. The molecule has 0 radical (unpaired) electrons. The molecule has 70 heavy (non-hydrogen) atoms. The molecule has 2 heterocycles. The van der Waals surface area contributed by atoms with Crippen LogP contribution in [0.15, 0.2) is 72.8 Å². The zero-order chi connectivity index (χ0) is 47.6. The summed E-state index contributed by atoms with van der Waals surface area (Å²) in [6, 6.07) is 26.0. The van der Waals surface area contributed by atoms with E-state index in [9.17, 15) is 0 Å². The van der Waals surface area contributed by atoms with Gasteiger partial charge >= 0.3 is 103 Å². The molecule has 3 aliphatic carbocycles. The molecule has 3 aromatic carbocycles. The number of methoxy groups -OCH3 is 2. The van der Waals surface area contributed by atoms with Crippen LogP contribution in [0.2, 0.25) is 0 Å². The van der Waals surface area contributed by atoms with Crippen LogP contribution in [0, 0.1) is 37.5 Å². The number of rotatable bonds is 3. The Labute approximate surface area is 505 Å². The van der Waals surface area contributed by atoms with Gasteiger partial charge in [0.05, 0.1) is 172 Å². The van der Waals surface area contributed by atoms with Crippen LogP contribution in [0.5, 0.6) is 0 Å². The van der Waals surface area contributed by atoms with E-state index in [1.54, 1.807) is 14.2 Å². The minimum absolute atomic E-state index is 0. The van der Waals surface area contributed by atoms with Gasteiger partial charge in [-0.1, -0.05) is 54.6 Å². The van der Waals surface area contributed by atoms with E-state index in [1.165, 1.54) is 45.2 Å². The van der Waals surface area contributed by atoms with Crippen molar-refractivity contribution in [1.82, 2.24) is 0 Å². The van der Waals surface area contributed by atoms with Gasteiger partial charge in [-0.25, -0.2) is 6.42 Å². The fraction of sp³-hybridized carbons (Fsp3) is 0.556. The monoisotopic (exact) mass is 1030 g/mol. The summed E-state index contributed by atoms with van der Waals surface area (Å²) in [5.74, 6) is 2.88. The number of hydrogen-bond acceptors (Lipinski definition) is 14. The molecule has 0 atom stereocenters. The first-order valence-electron chi connectivity index (χ1n) is 24.0. The van der Waals surface area contributed by atoms with Crippen molar-refractivity contribution in [2.45, 2.75) is 12.8 Å². The minimum Gasteiger partial charge on any atom is -0.723 e. The third-order valence-electron chi connectivity index (χ3n) is 10.4. The van der Waals surface area contributed by atoms with Crippen LogP contribution < -0.4 is 103 Å². The average Bonchev–Trinajstić information content (AvgIpc) is 3.95. The van der Waals surface area contributed by atoms with E-state index in [2.05, 4.69) is 108 Å². The normalized spacial score (nSPS) is 19.4. The molecule has 0 aromatic heterocycles. The van der Waals surface area contributed by atoms with E-state index in [1.807, 2.05) is 0 Å². The van der Waals surface area contributed by atoms with Gasteiger partial charge in [0.2, 0.25) is 0 Å². The second-order valence-corrected chi connectivity index (χ2v) is 15.3. The van der Waals surface area contributed by atoms with Crippen LogP contribution in [0.4, 0.5) is 0 Å². The molecule has 0 spiro atoms. The molecule has 14 nitrogen and oxygen atoms in total. The maximum Gasteiger partial charge on any atom is 1.00 e. The molecule has 3 fully saturated rings. The molecule has 0 bridgehead atoms. The van der Waals surface area contributed by atoms with Gasteiger partial charge in [-0.2, -0.15) is 11.6 Å². The van der Waals surface area contributed by atoms with Crippen molar-refractivity contribution < 1.29 is 169 Å². The molecule has 5 aliphatic rings. The van der Waals surface area contributed by atoms with Crippen LogP contribution in [-0.2, 0) is 79.2 Å². The zero-order valence-electron chi connectivity index (χ0n) is 42.8. The van der Waals surface area contributed by atoms with E-state index in [0.29, 0.717) is 172 Å². The molecule has 2 saturated heterocycles. The van der Waals surface area contributed by atoms with Crippen LogP contribution >= 0.6 is 0 Å². The van der Waals surface area contributed by atoms with Crippen LogP contribution in [-0.4, -0.2) is 186 Å². The standard InChI is InChI=1S/2C13H10.2C12H24O6.C4H10O2.2K/c2*1-3-7-12-10(5-1)9-11-6-2-4-8-13(11)12;2*1-2-14-5-6-16-9-10-18-12-11-17-8-7-15-4-3-13-1;1-5-3-4-6-2;;/h2*1-8H,9H2;2*1-12H2;3-4H2,1-2H3;;/q;-6;;;;2*+1. The van der Waals surface area contributed by atoms with Gasteiger partial charge in [-0.05, 0) is 28.7 Å². The van der Waals surface area contributed by atoms with E-state index < -0.39 is 0 Å². The van der Waals surface area contributed by atoms with Crippen LogP contribution in [0.3, 0.4) is 0 Å². The molecule has 1 saturated carbocycles. The van der Waals surface area contributed by atoms with Gasteiger partial charge in [-0.3, -0.25) is 5.56 Å². The first-order chi connectivity index (χ1) is 33.8. The van der Waals surface area contributed by atoms with Crippen molar-refractivity contribution in [3.05, 3.63) is 133 Å². The number of benzene rings is 3. The minimum atomic E-state index is 0. The second kappa shape index (κ2) is 47.7. The molecular weight excluding hydrogens is 951 g/mol. The van der Waals surface area contributed by atoms with Crippen molar-refractivity contribution in [3.8, 4) is 11.1 Å². The predicted octanol–water partition coefficient (Wildman–Crippen LogP) is 0.315. The Morgan fingerprint density at radius 1 is 0.371 bits per heavy atom. The van der Waals surface area contributed by atoms with E-state index in [0.717, 1.165) is 12.8 Å². The second-order valence-electron chi connectivity index (χ2n) is 15.3. The summed E-state index contributed by atoms with van der Waals surface area (Å²) in [6.45, 7) is 15.5. The predicted molar refractivity (Wildman–Crippen MR) is 261 cm³/mol. The van der Waals surface area contributed by atoms with Crippen molar-refractivity contribution >= 4 is 0 Å².